The molecule has 0 aromatic heterocycles. The van der Waals surface area contributed by atoms with Crippen molar-refractivity contribution in [2.75, 3.05) is 19.7 Å². The molecule has 0 bridgehead atoms. The van der Waals surface area contributed by atoms with Gasteiger partial charge in [-0.15, -0.1) is 0 Å². The lowest BCUT2D eigenvalue weighted by atomic mass is 9.99. The van der Waals surface area contributed by atoms with Crippen LogP contribution in [0.1, 0.15) is 57.1 Å². The number of carbonyl (C=O) groups excluding carboxylic acids is 1. The van der Waals surface area contributed by atoms with Gasteiger partial charge in [0.25, 0.3) is 0 Å². The first-order valence-electron chi connectivity index (χ1n) is 8.26. The fourth-order valence-corrected chi connectivity index (χ4v) is 2.91. The standard InChI is InChI=1S/C18H27NO2/c1-2-3-14-21-18(20)15-17(16-10-6-4-7-11-16)19-12-8-5-9-13-19/h4,6-7,10-11,17H,2-3,5,8-9,12-15H2,1H3/t17-/m1/s1. The lowest BCUT2D eigenvalue weighted by molar-refractivity contribution is -0.145. The lowest BCUT2D eigenvalue weighted by Crippen LogP contribution is -2.35. The summed E-state index contributed by atoms with van der Waals surface area (Å²) >= 11 is 0. The predicted molar refractivity (Wildman–Crippen MR) is 85.1 cm³/mol. The monoisotopic (exact) mass is 289 g/mol. The molecular weight excluding hydrogens is 262 g/mol. The number of esters is 1. The second kappa shape index (κ2) is 8.83. The van der Waals surface area contributed by atoms with Crippen LogP contribution in [0.2, 0.25) is 0 Å². The van der Waals surface area contributed by atoms with Gasteiger partial charge in [0.15, 0.2) is 0 Å². The van der Waals surface area contributed by atoms with Crippen molar-refractivity contribution >= 4 is 5.97 Å². The Morgan fingerprint density at radius 1 is 1.19 bits per heavy atom. The van der Waals surface area contributed by atoms with Crippen molar-refractivity contribution in [2.24, 2.45) is 0 Å². The minimum atomic E-state index is -0.0668. The maximum Gasteiger partial charge on any atom is 0.307 e. The van der Waals surface area contributed by atoms with Crippen LogP contribution in [0.4, 0.5) is 0 Å². The Balaban J connectivity index is 1.99. The van der Waals surface area contributed by atoms with Crippen LogP contribution in [0.25, 0.3) is 0 Å². The summed E-state index contributed by atoms with van der Waals surface area (Å²) < 4.78 is 5.36. The van der Waals surface area contributed by atoms with Gasteiger partial charge < -0.3 is 4.74 Å². The highest BCUT2D eigenvalue weighted by molar-refractivity contribution is 5.70. The summed E-state index contributed by atoms with van der Waals surface area (Å²) in [4.78, 5) is 14.5. The number of nitrogens with zero attached hydrogens (tertiary/aromatic N) is 1. The fourth-order valence-electron chi connectivity index (χ4n) is 2.91. The highest BCUT2D eigenvalue weighted by Gasteiger charge is 2.25. The smallest absolute Gasteiger partial charge is 0.307 e. The number of benzene rings is 1. The van der Waals surface area contributed by atoms with Gasteiger partial charge in [-0.3, -0.25) is 9.69 Å². The van der Waals surface area contributed by atoms with Gasteiger partial charge in [-0.1, -0.05) is 50.1 Å². The van der Waals surface area contributed by atoms with Gasteiger partial charge in [0.1, 0.15) is 0 Å². The number of hydrogen-bond acceptors (Lipinski definition) is 3. The second-order valence-corrected chi connectivity index (χ2v) is 5.80. The van der Waals surface area contributed by atoms with Gasteiger partial charge >= 0.3 is 5.97 Å². The highest BCUT2D eigenvalue weighted by atomic mass is 16.5. The molecule has 1 fully saturated rings. The summed E-state index contributed by atoms with van der Waals surface area (Å²) in [5.41, 5.74) is 1.23. The first kappa shape index (κ1) is 16.0. The molecule has 21 heavy (non-hydrogen) atoms. The number of piperidine rings is 1. The van der Waals surface area contributed by atoms with Gasteiger partial charge in [0, 0.05) is 6.04 Å². The molecule has 3 nitrogen and oxygen atoms in total. The average molecular weight is 289 g/mol. The Bertz CT molecular complexity index is 412. The molecule has 0 saturated carbocycles. The largest absolute Gasteiger partial charge is 0.466 e. The van der Waals surface area contributed by atoms with Crippen molar-refractivity contribution in [3.05, 3.63) is 35.9 Å². The van der Waals surface area contributed by atoms with Crippen LogP contribution >= 0.6 is 0 Å². The number of unbranched alkanes of at least 4 members (excludes halogenated alkanes) is 1. The van der Waals surface area contributed by atoms with E-state index < -0.39 is 0 Å². The topological polar surface area (TPSA) is 29.5 Å². The lowest BCUT2D eigenvalue weighted by Gasteiger charge is -2.34. The minimum absolute atomic E-state index is 0.0668. The van der Waals surface area contributed by atoms with E-state index in [-0.39, 0.29) is 12.0 Å². The predicted octanol–water partition coefficient (Wildman–Crippen LogP) is 3.95. The Hall–Kier alpha value is -1.35. The van der Waals surface area contributed by atoms with Crippen LogP contribution < -0.4 is 0 Å². The fraction of sp³-hybridized carbons (Fsp3) is 0.611. The van der Waals surface area contributed by atoms with E-state index in [9.17, 15) is 4.79 Å². The minimum Gasteiger partial charge on any atom is -0.466 e. The normalized spacial score (nSPS) is 17.4. The van der Waals surface area contributed by atoms with E-state index in [1.165, 1.54) is 24.8 Å². The van der Waals surface area contributed by atoms with Crippen LogP contribution in [0.5, 0.6) is 0 Å². The van der Waals surface area contributed by atoms with E-state index >= 15 is 0 Å². The molecule has 2 rings (SSSR count). The molecule has 0 aliphatic carbocycles. The Labute approximate surface area is 128 Å². The van der Waals surface area contributed by atoms with Crippen molar-refractivity contribution in [1.29, 1.82) is 0 Å². The third-order valence-corrected chi connectivity index (χ3v) is 4.14. The Morgan fingerprint density at radius 2 is 1.90 bits per heavy atom. The first-order valence-corrected chi connectivity index (χ1v) is 8.26. The molecular formula is C18H27NO2. The Morgan fingerprint density at radius 3 is 2.57 bits per heavy atom. The zero-order valence-electron chi connectivity index (χ0n) is 13.1. The van der Waals surface area contributed by atoms with Crippen molar-refractivity contribution in [2.45, 2.75) is 51.5 Å². The number of rotatable bonds is 7. The highest BCUT2D eigenvalue weighted by Crippen LogP contribution is 2.27. The third kappa shape index (κ3) is 5.16. The summed E-state index contributed by atoms with van der Waals surface area (Å²) in [6.45, 7) is 4.83. The zero-order chi connectivity index (χ0) is 14.9. The number of carbonyl (C=O) groups is 1. The summed E-state index contributed by atoms with van der Waals surface area (Å²) in [7, 11) is 0. The molecule has 0 radical (unpaired) electrons. The van der Waals surface area contributed by atoms with Gasteiger partial charge in [0.05, 0.1) is 13.0 Å². The second-order valence-electron chi connectivity index (χ2n) is 5.80. The molecule has 1 aliphatic heterocycles. The number of likely N-dealkylation sites (tertiary alicyclic amines) is 1. The molecule has 0 spiro atoms. The van der Waals surface area contributed by atoms with E-state index in [4.69, 9.17) is 4.74 Å². The molecule has 0 unspecified atom stereocenters. The van der Waals surface area contributed by atoms with Crippen LogP contribution in [0, 0.1) is 0 Å². The quantitative estimate of drug-likeness (QED) is 0.562. The zero-order valence-corrected chi connectivity index (χ0v) is 13.1. The molecule has 1 aliphatic rings. The summed E-state index contributed by atoms with van der Waals surface area (Å²) in [6.07, 6.45) is 6.24. The molecule has 1 heterocycles. The van der Waals surface area contributed by atoms with Crippen LogP contribution in [0.3, 0.4) is 0 Å². The van der Waals surface area contributed by atoms with E-state index in [2.05, 4.69) is 36.1 Å². The van der Waals surface area contributed by atoms with Crippen molar-refractivity contribution in [1.82, 2.24) is 4.90 Å². The molecule has 1 aromatic rings. The number of hydrogen-bond donors (Lipinski definition) is 0. The van der Waals surface area contributed by atoms with Crippen LogP contribution in [-0.2, 0) is 9.53 Å². The third-order valence-electron chi connectivity index (χ3n) is 4.14. The van der Waals surface area contributed by atoms with E-state index in [0.717, 1.165) is 25.9 Å². The van der Waals surface area contributed by atoms with E-state index in [0.29, 0.717) is 13.0 Å². The average Bonchev–Trinajstić information content (AvgIpc) is 2.54. The molecule has 1 aromatic carbocycles. The van der Waals surface area contributed by atoms with Crippen molar-refractivity contribution < 1.29 is 9.53 Å². The van der Waals surface area contributed by atoms with Crippen LogP contribution in [0.15, 0.2) is 30.3 Å². The van der Waals surface area contributed by atoms with E-state index in [1.807, 2.05) is 6.07 Å². The summed E-state index contributed by atoms with van der Waals surface area (Å²) in [6, 6.07) is 10.5. The van der Waals surface area contributed by atoms with Crippen molar-refractivity contribution in [3.8, 4) is 0 Å². The van der Waals surface area contributed by atoms with Gasteiger partial charge in [0.2, 0.25) is 0 Å². The Kier molecular flexibility index (Phi) is 6.74. The van der Waals surface area contributed by atoms with Crippen molar-refractivity contribution in [3.63, 3.8) is 0 Å². The maximum atomic E-state index is 12.1. The van der Waals surface area contributed by atoms with Gasteiger partial charge in [-0.2, -0.15) is 0 Å². The maximum absolute atomic E-state index is 12.1. The summed E-state index contributed by atoms with van der Waals surface area (Å²) in [5.74, 6) is -0.0668. The molecule has 1 saturated heterocycles. The molecule has 1 atom stereocenters. The number of ether oxygens (including phenoxy) is 1. The van der Waals surface area contributed by atoms with Crippen LogP contribution in [-0.4, -0.2) is 30.6 Å². The molecule has 3 heteroatoms. The molecule has 0 N–H and O–H groups in total. The first-order chi connectivity index (χ1) is 10.3. The summed E-state index contributed by atoms with van der Waals surface area (Å²) in [5, 5.41) is 0. The van der Waals surface area contributed by atoms with Gasteiger partial charge in [-0.25, -0.2) is 0 Å². The molecule has 116 valence electrons. The molecule has 0 amide bonds. The van der Waals surface area contributed by atoms with Gasteiger partial charge in [-0.05, 0) is 37.9 Å². The SMILES string of the molecule is CCCCOC(=O)C[C@H](c1ccccc1)N1CCCCC1. The van der Waals surface area contributed by atoms with E-state index in [1.54, 1.807) is 0 Å².